The first-order valence-corrected chi connectivity index (χ1v) is 6.88. The summed E-state index contributed by atoms with van der Waals surface area (Å²) in [5.41, 5.74) is 0. The molecule has 1 aliphatic carbocycles. The highest BCUT2D eigenvalue weighted by atomic mass is 35.5. The van der Waals surface area contributed by atoms with Crippen LogP contribution in [0, 0.1) is 5.92 Å². The molecule has 0 amide bonds. The minimum atomic E-state index is 0. The standard InChI is InChI=1S/C13H26N2O.2ClH/c1-12-2-4-13(5-3-12)14-6-7-15-8-10-16-11-9-15;;/h12-14H,2-11H2,1H3;2*1H. The van der Waals surface area contributed by atoms with Crippen LogP contribution in [0.25, 0.3) is 0 Å². The van der Waals surface area contributed by atoms with Gasteiger partial charge in [-0.05, 0) is 31.6 Å². The first kappa shape index (κ1) is 18.5. The largest absolute Gasteiger partial charge is 0.379 e. The van der Waals surface area contributed by atoms with E-state index in [0.29, 0.717) is 0 Å². The van der Waals surface area contributed by atoms with Gasteiger partial charge in [-0.1, -0.05) is 6.92 Å². The molecule has 3 nitrogen and oxygen atoms in total. The highest BCUT2D eigenvalue weighted by Gasteiger charge is 2.17. The minimum Gasteiger partial charge on any atom is -0.379 e. The van der Waals surface area contributed by atoms with Crippen molar-refractivity contribution < 1.29 is 4.74 Å². The maximum atomic E-state index is 5.35. The van der Waals surface area contributed by atoms with Gasteiger partial charge in [-0.3, -0.25) is 4.90 Å². The Bertz CT molecular complexity index is 193. The summed E-state index contributed by atoms with van der Waals surface area (Å²) < 4.78 is 5.35. The maximum Gasteiger partial charge on any atom is 0.0594 e. The van der Waals surface area contributed by atoms with E-state index >= 15 is 0 Å². The summed E-state index contributed by atoms with van der Waals surface area (Å²) in [6.07, 6.45) is 5.58. The van der Waals surface area contributed by atoms with E-state index in [1.54, 1.807) is 0 Å². The van der Waals surface area contributed by atoms with Gasteiger partial charge in [0.1, 0.15) is 0 Å². The zero-order valence-corrected chi connectivity index (χ0v) is 13.0. The smallest absolute Gasteiger partial charge is 0.0594 e. The van der Waals surface area contributed by atoms with Crippen LogP contribution in [-0.2, 0) is 4.74 Å². The lowest BCUT2D eigenvalue weighted by molar-refractivity contribution is 0.0379. The average Bonchev–Trinajstić information content (AvgIpc) is 2.33. The number of nitrogens with zero attached hydrogens (tertiary/aromatic N) is 1. The Hall–Kier alpha value is 0.460. The summed E-state index contributed by atoms with van der Waals surface area (Å²) in [6, 6.07) is 0.789. The van der Waals surface area contributed by atoms with Gasteiger partial charge in [0.25, 0.3) is 0 Å². The highest BCUT2D eigenvalue weighted by molar-refractivity contribution is 5.85. The predicted molar refractivity (Wildman–Crippen MR) is 81.2 cm³/mol. The van der Waals surface area contributed by atoms with E-state index < -0.39 is 0 Å². The summed E-state index contributed by atoms with van der Waals surface area (Å²) in [4.78, 5) is 2.50. The highest BCUT2D eigenvalue weighted by Crippen LogP contribution is 2.23. The molecule has 1 saturated heterocycles. The molecular weight excluding hydrogens is 271 g/mol. The molecule has 1 N–H and O–H groups in total. The molecule has 0 bridgehead atoms. The molecule has 1 aliphatic heterocycles. The third-order valence-corrected chi connectivity index (χ3v) is 3.98. The lowest BCUT2D eigenvalue weighted by Crippen LogP contribution is -2.43. The Morgan fingerprint density at radius 1 is 1.06 bits per heavy atom. The van der Waals surface area contributed by atoms with Crippen LogP contribution >= 0.6 is 24.8 Å². The van der Waals surface area contributed by atoms with Gasteiger partial charge in [-0.2, -0.15) is 0 Å². The van der Waals surface area contributed by atoms with Gasteiger partial charge >= 0.3 is 0 Å². The second-order valence-electron chi connectivity index (χ2n) is 5.36. The first-order valence-electron chi connectivity index (χ1n) is 6.88. The number of halogens is 2. The Labute approximate surface area is 124 Å². The summed E-state index contributed by atoms with van der Waals surface area (Å²) in [5, 5.41) is 3.71. The third kappa shape index (κ3) is 6.58. The van der Waals surface area contributed by atoms with Crippen LogP contribution in [0.4, 0.5) is 0 Å². The summed E-state index contributed by atoms with van der Waals surface area (Å²) >= 11 is 0. The number of hydrogen-bond donors (Lipinski definition) is 1. The van der Waals surface area contributed by atoms with E-state index in [4.69, 9.17) is 4.74 Å². The average molecular weight is 299 g/mol. The van der Waals surface area contributed by atoms with Gasteiger partial charge in [0.15, 0.2) is 0 Å². The molecule has 0 spiro atoms. The quantitative estimate of drug-likeness (QED) is 0.862. The second kappa shape index (κ2) is 10.3. The van der Waals surface area contributed by atoms with Crippen molar-refractivity contribution in [1.82, 2.24) is 10.2 Å². The molecule has 0 aromatic rings. The molecule has 0 aromatic heterocycles. The summed E-state index contributed by atoms with van der Waals surface area (Å²) in [7, 11) is 0. The van der Waals surface area contributed by atoms with E-state index in [1.807, 2.05) is 0 Å². The van der Waals surface area contributed by atoms with Crippen molar-refractivity contribution in [2.45, 2.75) is 38.6 Å². The summed E-state index contributed by atoms with van der Waals surface area (Å²) in [6.45, 7) is 8.78. The molecule has 18 heavy (non-hydrogen) atoms. The molecule has 2 rings (SSSR count). The maximum absolute atomic E-state index is 5.35. The molecule has 0 atom stereocenters. The number of ether oxygens (including phenoxy) is 1. The molecule has 2 aliphatic rings. The second-order valence-corrected chi connectivity index (χ2v) is 5.36. The van der Waals surface area contributed by atoms with Gasteiger partial charge in [0.2, 0.25) is 0 Å². The van der Waals surface area contributed by atoms with Crippen molar-refractivity contribution in [2.24, 2.45) is 5.92 Å². The topological polar surface area (TPSA) is 24.5 Å². The molecule has 5 heteroatoms. The lowest BCUT2D eigenvalue weighted by Gasteiger charge is -2.30. The van der Waals surface area contributed by atoms with Crippen LogP contribution in [-0.4, -0.2) is 50.3 Å². The minimum absolute atomic E-state index is 0. The Balaban J connectivity index is 0.00000144. The van der Waals surface area contributed by atoms with Crippen LogP contribution < -0.4 is 5.32 Å². The molecular formula is C13H28Cl2N2O. The van der Waals surface area contributed by atoms with Crippen LogP contribution in [0.3, 0.4) is 0 Å². The SMILES string of the molecule is CC1CCC(NCCN2CCOCC2)CC1.Cl.Cl. The number of morpholine rings is 1. The van der Waals surface area contributed by atoms with E-state index in [-0.39, 0.29) is 24.8 Å². The number of nitrogens with one attached hydrogen (secondary N) is 1. The lowest BCUT2D eigenvalue weighted by atomic mass is 9.87. The van der Waals surface area contributed by atoms with Crippen LogP contribution in [0.1, 0.15) is 32.6 Å². The zero-order valence-electron chi connectivity index (χ0n) is 11.4. The molecule has 0 aromatic carbocycles. The summed E-state index contributed by atoms with van der Waals surface area (Å²) in [5.74, 6) is 0.956. The van der Waals surface area contributed by atoms with Crippen molar-refractivity contribution in [1.29, 1.82) is 0 Å². The predicted octanol–water partition coefficient (Wildman–Crippen LogP) is 2.33. The fourth-order valence-corrected chi connectivity index (χ4v) is 2.72. The fraction of sp³-hybridized carbons (Fsp3) is 1.00. The number of rotatable bonds is 4. The van der Waals surface area contributed by atoms with Crippen LogP contribution in [0.2, 0.25) is 0 Å². The van der Waals surface area contributed by atoms with E-state index in [1.165, 1.54) is 32.2 Å². The van der Waals surface area contributed by atoms with Crippen molar-refractivity contribution in [3.8, 4) is 0 Å². The normalized spacial score (nSPS) is 29.2. The van der Waals surface area contributed by atoms with Crippen LogP contribution in [0.5, 0.6) is 0 Å². The molecule has 110 valence electrons. The van der Waals surface area contributed by atoms with Gasteiger partial charge in [-0.15, -0.1) is 24.8 Å². The third-order valence-electron chi connectivity index (χ3n) is 3.98. The van der Waals surface area contributed by atoms with Gasteiger partial charge in [0.05, 0.1) is 13.2 Å². The Morgan fingerprint density at radius 3 is 2.28 bits per heavy atom. The molecule has 0 unspecified atom stereocenters. The first-order chi connectivity index (χ1) is 7.84. The van der Waals surface area contributed by atoms with Gasteiger partial charge < -0.3 is 10.1 Å². The Kier molecular flexibility index (Phi) is 10.5. The number of hydrogen-bond acceptors (Lipinski definition) is 3. The van der Waals surface area contributed by atoms with E-state index in [9.17, 15) is 0 Å². The molecule has 2 fully saturated rings. The van der Waals surface area contributed by atoms with Crippen molar-refractivity contribution in [3.05, 3.63) is 0 Å². The molecule has 1 heterocycles. The molecule has 0 radical (unpaired) electrons. The fourth-order valence-electron chi connectivity index (χ4n) is 2.72. The van der Waals surface area contributed by atoms with Gasteiger partial charge in [0, 0.05) is 32.2 Å². The van der Waals surface area contributed by atoms with E-state index in [0.717, 1.165) is 44.8 Å². The Morgan fingerprint density at radius 2 is 1.67 bits per heavy atom. The molecule has 1 saturated carbocycles. The van der Waals surface area contributed by atoms with Crippen molar-refractivity contribution >= 4 is 24.8 Å². The van der Waals surface area contributed by atoms with Gasteiger partial charge in [-0.25, -0.2) is 0 Å². The zero-order chi connectivity index (χ0) is 11.2. The van der Waals surface area contributed by atoms with Crippen LogP contribution in [0.15, 0.2) is 0 Å². The van der Waals surface area contributed by atoms with Crippen molar-refractivity contribution in [2.75, 3.05) is 39.4 Å². The monoisotopic (exact) mass is 298 g/mol. The van der Waals surface area contributed by atoms with Crippen molar-refractivity contribution in [3.63, 3.8) is 0 Å². The van der Waals surface area contributed by atoms with E-state index in [2.05, 4.69) is 17.1 Å².